The van der Waals surface area contributed by atoms with Crippen molar-refractivity contribution >= 4 is 47.0 Å². The SMILES string of the molecule is c1ccc(C2C(CC3SCCCS3)C(CC3SCCCS3)C2c2ccccc2)cc1. The molecular formula is C26H32S4. The van der Waals surface area contributed by atoms with E-state index in [1.807, 2.05) is 0 Å². The number of hydrogen-bond donors (Lipinski definition) is 0. The molecule has 3 aliphatic rings. The maximum absolute atomic E-state index is 2.40. The zero-order valence-corrected chi connectivity index (χ0v) is 20.8. The first-order chi connectivity index (χ1) is 14.9. The molecule has 0 spiro atoms. The largest absolute Gasteiger partial charge is 0.148 e. The molecule has 4 atom stereocenters. The summed E-state index contributed by atoms with van der Waals surface area (Å²) in [6.07, 6.45) is 5.57. The Kier molecular flexibility index (Phi) is 7.69. The Labute approximate surface area is 199 Å². The lowest BCUT2D eigenvalue weighted by molar-refractivity contribution is 0.0798. The van der Waals surface area contributed by atoms with Crippen LogP contribution in [0.15, 0.2) is 60.7 Å². The molecule has 0 nitrogen and oxygen atoms in total. The van der Waals surface area contributed by atoms with Crippen LogP contribution in [0.3, 0.4) is 0 Å². The molecule has 4 unspecified atom stereocenters. The molecule has 1 aliphatic carbocycles. The fourth-order valence-electron chi connectivity index (χ4n) is 5.61. The van der Waals surface area contributed by atoms with Crippen molar-refractivity contribution in [2.24, 2.45) is 11.8 Å². The molecule has 160 valence electrons. The Hall–Kier alpha value is -0.160. The van der Waals surface area contributed by atoms with Crippen LogP contribution < -0.4 is 0 Å². The smallest absolute Gasteiger partial charge is 0.0505 e. The van der Waals surface area contributed by atoms with Gasteiger partial charge in [0, 0.05) is 0 Å². The number of rotatable bonds is 6. The molecule has 2 aromatic carbocycles. The Balaban J connectivity index is 1.44. The van der Waals surface area contributed by atoms with E-state index in [4.69, 9.17) is 0 Å². The summed E-state index contributed by atoms with van der Waals surface area (Å²) in [5.41, 5.74) is 3.14. The van der Waals surface area contributed by atoms with Crippen molar-refractivity contribution in [2.75, 3.05) is 23.0 Å². The van der Waals surface area contributed by atoms with Gasteiger partial charge in [0.25, 0.3) is 0 Å². The van der Waals surface area contributed by atoms with Gasteiger partial charge in [-0.15, -0.1) is 47.0 Å². The van der Waals surface area contributed by atoms with Crippen LogP contribution >= 0.6 is 47.0 Å². The highest BCUT2D eigenvalue weighted by Gasteiger charge is 2.52. The second-order valence-electron chi connectivity index (χ2n) is 8.72. The fourth-order valence-corrected chi connectivity index (χ4v) is 11.6. The van der Waals surface area contributed by atoms with Gasteiger partial charge in [-0.2, -0.15) is 0 Å². The van der Waals surface area contributed by atoms with E-state index < -0.39 is 0 Å². The summed E-state index contributed by atoms with van der Waals surface area (Å²) in [6.45, 7) is 0. The summed E-state index contributed by atoms with van der Waals surface area (Å²) in [7, 11) is 0. The van der Waals surface area contributed by atoms with Gasteiger partial charge in [-0.05, 0) is 83.5 Å². The van der Waals surface area contributed by atoms with E-state index in [9.17, 15) is 0 Å². The third-order valence-corrected chi connectivity index (χ3v) is 12.9. The molecule has 0 aromatic heterocycles. The summed E-state index contributed by atoms with van der Waals surface area (Å²) in [4.78, 5) is 0. The predicted molar refractivity (Wildman–Crippen MR) is 141 cm³/mol. The summed E-state index contributed by atoms with van der Waals surface area (Å²) in [6, 6.07) is 22.9. The molecule has 1 saturated carbocycles. The average molecular weight is 473 g/mol. The molecule has 30 heavy (non-hydrogen) atoms. The molecule has 2 aliphatic heterocycles. The first-order valence-electron chi connectivity index (χ1n) is 11.5. The third-order valence-electron chi connectivity index (χ3n) is 6.95. The van der Waals surface area contributed by atoms with Crippen LogP contribution in [0.1, 0.15) is 48.6 Å². The van der Waals surface area contributed by atoms with Crippen LogP contribution in [0.25, 0.3) is 0 Å². The van der Waals surface area contributed by atoms with Gasteiger partial charge in [0.05, 0.1) is 9.16 Å². The molecular weight excluding hydrogens is 441 g/mol. The van der Waals surface area contributed by atoms with Crippen molar-refractivity contribution in [2.45, 2.75) is 46.7 Å². The summed E-state index contributed by atoms with van der Waals surface area (Å²) < 4.78 is 1.61. The highest BCUT2D eigenvalue weighted by atomic mass is 32.2. The highest BCUT2D eigenvalue weighted by molar-refractivity contribution is 8.17. The van der Waals surface area contributed by atoms with Crippen molar-refractivity contribution in [1.29, 1.82) is 0 Å². The van der Waals surface area contributed by atoms with Gasteiger partial charge in [0.2, 0.25) is 0 Å². The van der Waals surface area contributed by atoms with Crippen molar-refractivity contribution < 1.29 is 0 Å². The van der Waals surface area contributed by atoms with E-state index in [1.54, 1.807) is 11.1 Å². The van der Waals surface area contributed by atoms with Crippen LogP contribution in [0.4, 0.5) is 0 Å². The van der Waals surface area contributed by atoms with Crippen LogP contribution in [-0.2, 0) is 0 Å². The van der Waals surface area contributed by atoms with E-state index >= 15 is 0 Å². The maximum Gasteiger partial charge on any atom is 0.0505 e. The molecule has 0 radical (unpaired) electrons. The van der Waals surface area contributed by atoms with Gasteiger partial charge in [-0.3, -0.25) is 0 Å². The molecule has 2 aromatic rings. The van der Waals surface area contributed by atoms with Gasteiger partial charge < -0.3 is 0 Å². The highest BCUT2D eigenvalue weighted by Crippen LogP contribution is 2.63. The van der Waals surface area contributed by atoms with Crippen LogP contribution in [-0.4, -0.2) is 32.2 Å². The molecule has 0 bridgehead atoms. The standard InChI is InChI=1S/C26H32S4/c1-3-9-19(10-4-1)25-21(17-23-27-13-7-14-28-23)22(18-24-29-15-8-16-30-24)26(25)20-11-5-2-6-12-20/h1-6,9-12,21-26H,7-8,13-18H2. The fraction of sp³-hybridized carbons (Fsp3) is 0.538. The van der Waals surface area contributed by atoms with Gasteiger partial charge >= 0.3 is 0 Å². The first-order valence-corrected chi connectivity index (χ1v) is 15.7. The minimum atomic E-state index is 0.681. The van der Waals surface area contributed by atoms with E-state index in [0.29, 0.717) is 11.8 Å². The van der Waals surface area contributed by atoms with Gasteiger partial charge in [0.15, 0.2) is 0 Å². The average Bonchev–Trinajstić information content (AvgIpc) is 2.82. The Morgan fingerprint density at radius 1 is 0.533 bits per heavy atom. The Morgan fingerprint density at radius 2 is 0.900 bits per heavy atom. The summed E-state index contributed by atoms with van der Waals surface area (Å²) in [5.74, 6) is 8.46. The zero-order valence-electron chi connectivity index (χ0n) is 17.5. The molecule has 3 fully saturated rings. The Morgan fingerprint density at radius 3 is 1.27 bits per heavy atom. The minimum Gasteiger partial charge on any atom is -0.148 e. The zero-order chi connectivity index (χ0) is 20.2. The lowest BCUT2D eigenvalue weighted by Crippen LogP contribution is -2.45. The third kappa shape index (κ3) is 4.92. The second kappa shape index (κ2) is 10.6. The molecule has 5 rings (SSSR count). The number of hydrogen-bond acceptors (Lipinski definition) is 4. The van der Waals surface area contributed by atoms with Crippen molar-refractivity contribution in [1.82, 2.24) is 0 Å². The van der Waals surface area contributed by atoms with Crippen LogP contribution in [0.2, 0.25) is 0 Å². The van der Waals surface area contributed by atoms with Crippen molar-refractivity contribution in [3.05, 3.63) is 71.8 Å². The normalized spacial score (nSPS) is 30.7. The monoisotopic (exact) mass is 472 g/mol. The van der Waals surface area contributed by atoms with E-state index in [-0.39, 0.29) is 0 Å². The van der Waals surface area contributed by atoms with Gasteiger partial charge in [-0.25, -0.2) is 0 Å². The van der Waals surface area contributed by atoms with Gasteiger partial charge in [0.1, 0.15) is 0 Å². The number of thioether (sulfide) groups is 4. The lowest BCUT2D eigenvalue weighted by Gasteiger charge is -2.55. The number of benzene rings is 2. The predicted octanol–water partition coefficient (Wildman–Crippen LogP) is 7.97. The van der Waals surface area contributed by atoms with E-state index in [0.717, 1.165) is 21.0 Å². The second-order valence-corrected chi connectivity index (χ2v) is 14.6. The lowest BCUT2D eigenvalue weighted by atomic mass is 9.51. The van der Waals surface area contributed by atoms with Crippen molar-refractivity contribution in [3.8, 4) is 0 Å². The van der Waals surface area contributed by atoms with Crippen LogP contribution in [0, 0.1) is 11.8 Å². The van der Waals surface area contributed by atoms with E-state index in [2.05, 4.69) is 108 Å². The summed E-state index contributed by atoms with van der Waals surface area (Å²) >= 11 is 8.94. The molecule has 0 amide bonds. The molecule has 2 saturated heterocycles. The maximum atomic E-state index is 2.40. The summed E-state index contributed by atoms with van der Waals surface area (Å²) in [5, 5.41) is 0. The van der Waals surface area contributed by atoms with Crippen LogP contribution in [0.5, 0.6) is 0 Å². The van der Waals surface area contributed by atoms with Crippen molar-refractivity contribution in [3.63, 3.8) is 0 Å². The minimum absolute atomic E-state index is 0.681. The topological polar surface area (TPSA) is 0 Å². The quantitative estimate of drug-likeness (QED) is 0.418. The molecule has 4 heteroatoms. The van der Waals surface area contributed by atoms with Gasteiger partial charge in [-0.1, -0.05) is 60.7 Å². The first kappa shape index (κ1) is 21.7. The molecule has 2 heterocycles. The van der Waals surface area contributed by atoms with E-state index in [1.165, 1.54) is 48.7 Å². The Bertz CT molecular complexity index is 701. The molecule has 0 N–H and O–H groups in total.